The van der Waals surface area contributed by atoms with Gasteiger partial charge < -0.3 is 15.3 Å². The summed E-state index contributed by atoms with van der Waals surface area (Å²) in [7, 11) is 0. The molecule has 0 unspecified atom stereocenters. The molecule has 0 bridgehead atoms. The first-order chi connectivity index (χ1) is 16.9. The Morgan fingerprint density at radius 1 is 1.20 bits per heavy atom. The average Bonchev–Trinajstić information content (AvgIpc) is 3.43. The predicted octanol–water partition coefficient (Wildman–Crippen LogP) is 3.91. The Hall–Kier alpha value is -3.26. The molecule has 2 amide bonds. The first-order valence-corrected chi connectivity index (χ1v) is 12.6. The number of nitrogens with zero attached hydrogens (tertiary/aromatic N) is 4. The van der Waals surface area contributed by atoms with E-state index < -0.39 is 0 Å². The number of carbonyl (C=O) groups excluding carboxylic acids is 2. The number of unbranched alkanes of at least 4 members (excludes halogenated alkanes) is 1. The first-order valence-electron chi connectivity index (χ1n) is 12.6. The van der Waals surface area contributed by atoms with Crippen LogP contribution in [0.15, 0.2) is 30.5 Å². The smallest absolute Gasteiger partial charge is 0.230 e. The van der Waals surface area contributed by atoms with E-state index in [0.29, 0.717) is 31.0 Å². The number of hydrogen-bond donors (Lipinski definition) is 2. The highest BCUT2D eigenvalue weighted by Gasteiger charge is 2.25. The summed E-state index contributed by atoms with van der Waals surface area (Å²) in [5, 5.41) is 11.7. The summed E-state index contributed by atoms with van der Waals surface area (Å²) >= 11 is 0. The molecule has 8 heteroatoms. The molecule has 1 fully saturated rings. The normalized spacial score (nSPS) is 16.2. The summed E-state index contributed by atoms with van der Waals surface area (Å²) in [6, 6.07) is 8.58. The molecule has 8 nitrogen and oxygen atoms in total. The minimum Gasteiger partial charge on any atom is -0.396 e. The van der Waals surface area contributed by atoms with Crippen molar-refractivity contribution in [2.24, 2.45) is 0 Å². The molecular weight excluding hydrogens is 442 g/mol. The van der Waals surface area contributed by atoms with Crippen molar-refractivity contribution >= 4 is 28.7 Å². The molecule has 1 aromatic carbocycles. The highest BCUT2D eigenvalue weighted by molar-refractivity contribution is 5.98. The third-order valence-corrected chi connectivity index (χ3v) is 7.16. The van der Waals surface area contributed by atoms with Gasteiger partial charge in [0.2, 0.25) is 11.8 Å². The summed E-state index contributed by atoms with van der Waals surface area (Å²) in [4.78, 5) is 35.7. The van der Waals surface area contributed by atoms with Crippen molar-refractivity contribution in [2.75, 3.05) is 25.0 Å². The number of carbonyl (C=O) groups is 2. The highest BCUT2D eigenvalue weighted by atomic mass is 16.3. The number of imidazole rings is 1. The van der Waals surface area contributed by atoms with E-state index in [2.05, 4.69) is 46.9 Å². The minimum absolute atomic E-state index is 0.0215. The van der Waals surface area contributed by atoms with Crippen molar-refractivity contribution in [1.29, 1.82) is 0 Å². The van der Waals surface area contributed by atoms with Gasteiger partial charge in [0.15, 0.2) is 0 Å². The van der Waals surface area contributed by atoms with Crippen LogP contribution in [0.4, 0.5) is 5.82 Å². The largest absolute Gasteiger partial charge is 0.396 e. The summed E-state index contributed by atoms with van der Waals surface area (Å²) < 4.78 is 2.16. The van der Waals surface area contributed by atoms with Crippen LogP contribution in [0.25, 0.3) is 16.7 Å². The van der Waals surface area contributed by atoms with Crippen LogP contribution in [-0.4, -0.2) is 56.1 Å². The van der Waals surface area contributed by atoms with Crippen molar-refractivity contribution < 1.29 is 14.7 Å². The molecule has 0 atom stereocenters. The molecule has 2 aliphatic heterocycles. The van der Waals surface area contributed by atoms with Crippen LogP contribution in [0.5, 0.6) is 0 Å². The summed E-state index contributed by atoms with van der Waals surface area (Å²) in [5.41, 5.74) is 5.11. The molecule has 0 spiro atoms. The van der Waals surface area contributed by atoms with Crippen molar-refractivity contribution in [3.05, 3.63) is 47.4 Å². The van der Waals surface area contributed by atoms with E-state index >= 15 is 0 Å². The molecule has 0 aliphatic carbocycles. The lowest BCUT2D eigenvalue weighted by atomic mass is 9.89. The molecule has 0 saturated carbocycles. The zero-order chi connectivity index (χ0) is 24.5. The summed E-state index contributed by atoms with van der Waals surface area (Å²) in [6.07, 6.45) is 6.01. The zero-order valence-electron chi connectivity index (χ0n) is 20.5. The van der Waals surface area contributed by atoms with Gasteiger partial charge in [-0.25, -0.2) is 9.97 Å². The summed E-state index contributed by atoms with van der Waals surface area (Å²) in [5.74, 6) is 2.43. The van der Waals surface area contributed by atoms with E-state index in [-0.39, 0.29) is 24.3 Å². The lowest BCUT2D eigenvalue weighted by Gasteiger charge is -2.32. The molecule has 4 heterocycles. The van der Waals surface area contributed by atoms with E-state index in [1.165, 1.54) is 5.56 Å². The fraction of sp³-hybridized carbons (Fsp3) is 0.481. The van der Waals surface area contributed by atoms with E-state index in [9.17, 15) is 9.59 Å². The molecule has 2 aromatic heterocycles. The second kappa shape index (κ2) is 9.77. The Morgan fingerprint density at radius 2 is 2.00 bits per heavy atom. The number of nitrogens with one attached hydrogen (secondary N) is 1. The van der Waals surface area contributed by atoms with Crippen LogP contribution in [-0.2, 0) is 16.0 Å². The molecule has 5 rings (SSSR count). The number of rotatable bonds is 7. The number of aromatic nitrogens is 3. The number of amides is 2. The first kappa shape index (κ1) is 23.5. The Labute approximate surface area is 205 Å². The number of aliphatic hydroxyl groups is 1. The van der Waals surface area contributed by atoms with E-state index in [1.807, 2.05) is 11.0 Å². The van der Waals surface area contributed by atoms with Crippen LogP contribution in [0.2, 0.25) is 0 Å². The van der Waals surface area contributed by atoms with Crippen molar-refractivity contribution in [3.8, 4) is 5.69 Å². The second-order valence-electron chi connectivity index (χ2n) is 9.97. The number of likely N-dealkylation sites (tertiary alicyclic amines) is 1. The topological polar surface area (TPSA) is 100 Å². The van der Waals surface area contributed by atoms with Gasteiger partial charge in [-0.15, -0.1) is 0 Å². The monoisotopic (exact) mass is 475 g/mol. The van der Waals surface area contributed by atoms with Gasteiger partial charge in [0.25, 0.3) is 0 Å². The van der Waals surface area contributed by atoms with E-state index in [0.717, 1.165) is 60.5 Å². The lowest BCUT2D eigenvalue weighted by Crippen LogP contribution is -2.37. The second-order valence-corrected chi connectivity index (χ2v) is 9.97. The van der Waals surface area contributed by atoms with E-state index in [1.54, 1.807) is 6.20 Å². The number of fused-ring (bicyclic) bond motifs is 2. The minimum atomic E-state index is -0.0215. The lowest BCUT2D eigenvalue weighted by molar-refractivity contribution is -0.132. The number of benzene rings is 1. The molecular formula is C27H33N5O3. The van der Waals surface area contributed by atoms with Gasteiger partial charge in [-0.2, -0.15) is 0 Å². The fourth-order valence-electron chi connectivity index (χ4n) is 5.25. The third kappa shape index (κ3) is 4.67. The van der Waals surface area contributed by atoms with Crippen LogP contribution in [0.3, 0.4) is 0 Å². The van der Waals surface area contributed by atoms with E-state index in [4.69, 9.17) is 10.1 Å². The molecule has 2 aliphatic rings. The predicted molar refractivity (Wildman–Crippen MR) is 135 cm³/mol. The third-order valence-electron chi connectivity index (χ3n) is 7.16. The van der Waals surface area contributed by atoms with Gasteiger partial charge in [0.05, 0.1) is 29.3 Å². The zero-order valence-corrected chi connectivity index (χ0v) is 20.5. The number of aliphatic hydroxyl groups excluding tert-OH is 1. The fourth-order valence-corrected chi connectivity index (χ4v) is 5.25. The number of anilines is 1. The molecule has 3 aromatic rings. The SMILES string of the molecule is CC(C)c1nc2cc(C3CCN(C(=O)CCCCO)CC3)ccc2n1-c1cnc2c(c1)CC(=O)N2. The molecule has 1 saturated heterocycles. The average molecular weight is 476 g/mol. The molecule has 184 valence electrons. The maximum atomic E-state index is 12.4. The van der Waals surface area contributed by atoms with Gasteiger partial charge in [0.1, 0.15) is 11.6 Å². The molecule has 35 heavy (non-hydrogen) atoms. The van der Waals surface area contributed by atoms with Crippen molar-refractivity contribution in [2.45, 2.75) is 64.2 Å². The number of pyridine rings is 1. The highest BCUT2D eigenvalue weighted by Crippen LogP contribution is 2.33. The molecule has 2 N–H and O–H groups in total. The van der Waals surface area contributed by atoms with Crippen molar-refractivity contribution in [1.82, 2.24) is 19.4 Å². The quantitative estimate of drug-likeness (QED) is 0.505. The van der Waals surface area contributed by atoms with Gasteiger partial charge in [0, 0.05) is 37.6 Å². The van der Waals surface area contributed by atoms with Crippen LogP contribution >= 0.6 is 0 Å². The Morgan fingerprint density at radius 3 is 2.74 bits per heavy atom. The van der Waals surface area contributed by atoms with Crippen LogP contribution < -0.4 is 5.32 Å². The van der Waals surface area contributed by atoms with Crippen molar-refractivity contribution in [3.63, 3.8) is 0 Å². The van der Waals surface area contributed by atoms with Gasteiger partial charge in [-0.3, -0.25) is 14.2 Å². The summed E-state index contributed by atoms with van der Waals surface area (Å²) in [6.45, 7) is 5.97. The van der Waals surface area contributed by atoms with Gasteiger partial charge in [-0.05, 0) is 55.4 Å². The Balaban J connectivity index is 1.38. The Kier molecular flexibility index (Phi) is 6.56. The van der Waals surface area contributed by atoms with Gasteiger partial charge >= 0.3 is 0 Å². The number of hydrogen-bond acceptors (Lipinski definition) is 5. The Bertz CT molecular complexity index is 1260. The maximum absolute atomic E-state index is 12.4. The van der Waals surface area contributed by atoms with Crippen LogP contribution in [0.1, 0.15) is 74.7 Å². The maximum Gasteiger partial charge on any atom is 0.230 e. The van der Waals surface area contributed by atoms with Gasteiger partial charge in [-0.1, -0.05) is 19.9 Å². The molecule has 0 radical (unpaired) electrons. The number of piperidine rings is 1. The van der Waals surface area contributed by atoms with Crippen LogP contribution in [0, 0.1) is 0 Å². The standard InChI is InChI=1S/C27H33N5O3/c1-17(2)27-29-22-14-19(18-8-10-31(11-9-18)25(35)5-3-4-12-33)6-7-23(22)32(27)21-13-20-15-24(34)30-26(20)28-16-21/h6-7,13-14,16-18,33H,3-5,8-12,15H2,1-2H3,(H,28,30,34).